The predicted octanol–water partition coefficient (Wildman–Crippen LogP) is 1.63. The van der Waals surface area contributed by atoms with Gasteiger partial charge in [0.1, 0.15) is 0 Å². The normalized spacial score (nSPS) is 20.6. The third-order valence-corrected chi connectivity index (χ3v) is 3.83. The van der Waals surface area contributed by atoms with Crippen molar-refractivity contribution in [1.82, 2.24) is 10.6 Å². The van der Waals surface area contributed by atoms with Crippen molar-refractivity contribution in [2.45, 2.75) is 46.0 Å². The Hall–Kier alpha value is -1.10. The van der Waals surface area contributed by atoms with E-state index in [1.807, 2.05) is 13.8 Å². The summed E-state index contributed by atoms with van der Waals surface area (Å²) in [5.74, 6) is -0.418. The van der Waals surface area contributed by atoms with Gasteiger partial charge in [-0.15, -0.1) is 0 Å². The molecule has 20 heavy (non-hydrogen) atoms. The zero-order valence-electron chi connectivity index (χ0n) is 12.7. The first kappa shape index (κ1) is 17.0. The van der Waals surface area contributed by atoms with Crippen molar-refractivity contribution in [3.8, 4) is 0 Å². The molecule has 116 valence electrons. The maximum atomic E-state index is 11.8. The lowest BCUT2D eigenvalue weighted by Crippen LogP contribution is -2.35. The van der Waals surface area contributed by atoms with Gasteiger partial charge in [0.2, 0.25) is 5.91 Å². The maximum Gasteiger partial charge on any atom is 0.308 e. The average Bonchev–Trinajstić information content (AvgIpc) is 2.41. The Labute approximate surface area is 121 Å². The maximum absolute atomic E-state index is 11.8. The van der Waals surface area contributed by atoms with Crippen LogP contribution in [0.2, 0.25) is 0 Å². The van der Waals surface area contributed by atoms with Crippen LogP contribution in [0.5, 0.6) is 0 Å². The third kappa shape index (κ3) is 6.89. The van der Waals surface area contributed by atoms with Crippen LogP contribution < -0.4 is 10.6 Å². The molecule has 0 aromatic rings. The molecule has 0 aliphatic carbocycles. The molecule has 2 unspecified atom stereocenters. The summed E-state index contributed by atoms with van der Waals surface area (Å²) in [7, 11) is 0. The van der Waals surface area contributed by atoms with E-state index in [-0.39, 0.29) is 12.5 Å². The summed E-state index contributed by atoms with van der Waals surface area (Å²) in [6, 6.07) is 0. The van der Waals surface area contributed by atoms with Crippen LogP contribution in [0, 0.1) is 17.8 Å². The topological polar surface area (TPSA) is 78.4 Å². The summed E-state index contributed by atoms with van der Waals surface area (Å²) < 4.78 is 0. The fourth-order valence-electron chi connectivity index (χ4n) is 2.67. The van der Waals surface area contributed by atoms with Crippen molar-refractivity contribution in [2.24, 2.45) is 17.8 Å². The zero-order valence-corrected chi connectivity index (χ0v) is 12.7. The van der Waals surface area contributed by atoms with E-state index in [0.717, 1.165) is 19.5 Å². The SMILES string of the molecule is CC(C)CC(CNC(=O)CCC1CCCNC1)C(=O)O. The summed E-state index contributed by atoms with van der Waals surface area (Å²) in [5.41, 5.74) is 0. The molecule has 2 atom stereocenters. The Bertz CT molecular complexity index is 312. The van der Waals surface area contributed by atoms with Gasteiger partial charge in [0, 0.05) is 13.0 Å². The Balaban J connectivity index is 2.21. The number of amides is 1. The van der Waals surface area contributed by atoms with Gasteiger partial charge in [0.05, 0.1) is 5.92 Å². The van der Waals surface area contributed by atoms with Crippen LogP contribution in [-0.2, 0) is 9.59 Å². The van der Waals surface area contributed by atoms with Crippen LogP contribution in [0.15, 0.2) is 0 Å². The minimum Gasteiger partial charge on any atom is -0.481 e. The van der Waals surface area contributed by atoms with E-state index in [1.165, 1.54) is 12.8 Å². The number of carbonyl (C=O) groups is 2. The largest absolute Gasteiger partial charge is 0.481 e. The number of hydrogen-bond acceptors (Lipinski definition) is 3. The number of aliphatic carboxylic acids is 1. The molecular formula is C15H28N2O3. The highest BCUT2D eigenvalue weighted by atomic mass is 16.4. The average molecular weight is 284 g/mol. The van der Waals surface area contributed by atoms with E-state index in [2.05, 4.69) is 10.6 Å². The first-order chi connectivity index (χ1) is 9.49. The molecule has 0 aromatic heterocycles. The molecule has 0 spiro atoms. The van der Waals surface area contributed by atoms with E-state index in [1.54, 1.807) is 0 Å². The number of piperidine rings is 1. The lowest BCUT2D eigenvalue weighted by molar-refractivity contribution is -0.142. The van der Waals surface area contributed by atoms with Crippen LogP contribution >= 0.6 is 0 Å². The molecule has 1 aliphatic rings. The van der Waals surface area contributed by atoms with Crippen molar-refractivity contribution in [3.05, 3.63) is 0 Å². The highest BCUT2D eigenvalue weighted by Gasteiger charge is 2.20. The smallest absolute Gasteiger partial charge is 0.308 e. The molecule has 5 nitrogen and oxygen atoms in total. The summed E-state index contributed by atoms with van der Waals surface area (Å²) >= 11 is 0. The third-order valence-electron chi connectivity index (χ3n) is 3.83. The van der Waals surface area contributed by atoms with Crippen molar-refractivity contribution in [2.75, 3.05) is 19.6 Å². The highest BCUT2D eigenvalue weighted by molar-refractivity contribution is 5.77. The molecule has 1 heterocycles. The fraction of sp³-hybridized carbons (Fsp3) is 0.867. The summed E-state index contributed by atoms with van der Waals surface area (Å²) in [6.45, 7) is 6.31. The second kappa shape index (κ2) is 8.95. The Morgan fingerprint density at radius 3 is 2.70 bits per heavy atom. The number of carbonyl (C=O) groups excluding carboxylic acids is 1. The van der Waals surface area contributed by atoms with Crippen LogP contribution in [0.3, 0.4) is 0 Å². The summed E-state index contributed by atoms with van der Waals surface area (Å²) in [5, 5.41) is 15.2. The first-order valence-electron chi connectivity index (χ1n) is 7.69. The van der Waals surface area contributed by atoms with Crippen molar-refractivity contribution in [3.63, 3.8) is 0 Å². The van der Waals surface area contributed by atoms with Gasteiger partial charge in [-0.1, -0.05) is 13.8 Å². The van der Waals surface area contributed by atoms with Crippen LogP contribution in [-0.4, -0.2) is 36.6 Å². The molecule has 0 radical (unpaired) electrons. The van der Waals surface area contributed by atoms with Gasteiger partial charge in [0.15, 0.2) is 0 Å². The minimum atomic E-state index is -0.824. The van der Waals surface area contributed by atoms with Gasteiger partial charge < -0.3 is 15.7 Å². The Kier molecular flexibility index (Phi) is 7.59. The molecule has 1 aliphatic heterocycles. The van der Waals surface area contributed by atoms with Gasteiger partial charge >= 0.3 is 5.97 Å². The van der Waals surface area contributed by atoms with Crippen LogP contribution in [0.1, 0.15) is 46.0 Å². The molecule has 1 saturated heterocycles. The number of carboxylic acids is 1. The van der Waals surface area contributed by atoms with Crippen molar-refractivity contribution < 1.29 is 14.7 Å². The van der Waals surface area contributed by atoms with Gasteiger partial charge in [-0.05, 0) is 50.6 Å². The number of carboxylic acid groups (broad SMARTS) is 1. The van der Waals surface area contributed by atoms with Crippen LogP contribution in [0.4, 0.5) is 0 Å². The molecular weight excluding hydrogens is 256 g/mol. The highest BCUT2D eigenvalue weighted by Crippen LogP contribution is 2.16. The van der Waals surface area contributed by atoms with E-state index >= 15 is 0 Å². The minimum absolute atomic E-state index is 0.0226. The number of hydrogen-bond donors (Lipinski definition) is 3. The van der Waals surface area contributed by atoms with E-state index < -0.39 is 11.9 Å². The fourth-order valence-corrected chi connectivity index (χ4v) is 2.67. The van der Waals surface area contributed by atoms with E-state index in [0.29, 0.717) is 24.7 Å². The molecule has 0 saturated carbocycles. The first-order valence-corrected chi connectivity index (χ1v) is 7.69. The monoisotopic (exact) mass is 284 g/mol. The van der Waals surface area contributed by atoms with E-state index in [9.17, 15) is 9.59 Å². The van der Waals surface area contributed by atoms with Crippen molar-refractivity contribution >= 4 is 11.9 Å². The van der Waals surface area contributed by atoms with Crippen LogP contribution in [0.25, 0.3) is 0 Å². The number of rotatable bonds is 8. The Morgan fingerprint density at radius 2 is 2.15 bits per heavy atom. The Morgan fingerprint density at radius 1 is 1.40 bits per heavy atom. The quantitative estimate of drug-likeness (QED) is 0.633. The molecule has 0 bridgehead atoms. The zero-order chi connectivity index (χ0) is 15.0. The predicted molar refractivity (Wildman–Crippen MR) is 78.4 cm³/mol. The second-order valence-electron chi connectivity index (χ2n) is 6.22. The van der Waals surface area contributed by atoms with Crippen molar-refractivity contribution in [1.29, 1.82) is 0 Å². The van der Waals surface area contributed by atoms with Gasteiger partial charge in [-0.3, -0.25) is 9.59 Å². The second-order valence-corrected chi connectivity index (χ2v) is 6.22. The lowest BCUT2D eigenvalue weighted by Gasteiger charge is -2.22. The molecule has 1 fully saturated rings. The molecule has 0 aromatic carbocycles. The number of nitrogens with one attached hydrogen (secondary N) is 2. The lowest BCUT2D eigenvalue weighted by atomic mass is 9.94. The summed E-state index contributed by atoms with van der Waals surface area (Å²) in [6.07, 6.45) is 4.36. The molecule has 1 amide bonds. The molecule has 3 N–H and O–H groups in total. The standard InChI is InChI=1S/C15H28N2O3/c1-11(2)8-13(15(19)20)10-17-14(18)6-5-12-4-3-7-16-9-12/h11-13,16H,3-10H2,1-2H3,(H,17,18)(H,19,20). The molecule has 5 heteroatoms. The van der Waals surface area contributed by atoms with Gasteiger partial charge in [0.25, 0.3) is 0 Å². The molecule has 1 rings (SSSR count). The van der Waals surface area contributed by atoms with Gasteiger partial charge in [-0.2, -0.15) is 0 Å². The van der Waals surface area contributed by atoms with E-state index in [4.69, 9.17) is 5.11 Å². The summed E-state index contributed by atoms with van der Waals surface area (Å²) in [4.78, 5) is 22.9. The van der Waals surface area contributed by atoms with Gasteiger partial charge in [-0.25, -0.2) is 0 Å².